The summed E-state index contributed by atoms with van der Waals surface area (Å²) in [5, 5.41) is 2.61. The van der Waals surface area contributed by atoms with Crippen LogP contribution in [0.4, 0.5) is 16.2 Å². The van der Waals surface area contributed by atoms with Crippen LogP contribution in [0.15, 0.2) is 41.3 Å². The molecule has 180 valence electrons. The first-order valence-corrected chi connectivity index (χ1v) is 11.4. The number of amides is 1. The molecule has 1 amide bonds. The van der Waals surface area contributed by atoms with E-state index in [-0.39, 0.29) is 11.2 Å². The molecule has 1 N–H and O–H groups in total. The van der Waals surface area contributed by atoms with E-state index in [9.17, 15) is 9.59 Å². The van der Waals surface area contributed by atoms with Crippen molar-refractivity contribution in [1.29, 1.82) is 0 Å². The molecular formula is C25H35N3O5. The van der Waals surface area contributed by atoms with Crippen LogP contribution in [0.5, 0.6) is 0 Å². The van der Waals surface area contributed by atoms with Crippen molar-refractivity contribution in [2.75, 3.05) is 43.1 Å². The van der Waals surface area contributed by atoms with Crippen molar-refractivity contribution >= 4 is 17.5 Å². The summed E-state index contributed by atoms with van der Waals surface area (Å²) in [6.07, 6.45) is 1.08. The van der Waals surface area contributed by atoms with Crippen LogP contribution in [0.25, 0.3) is 5.69 Å². The summed E-state index contributed by atoms with van der Waals surface area (Å²) in [7, 11) is 0. The van der Waals surface area contributed by atoms with Gasteiger partial charge in [-0.1, -0.05) is 13.8 Å². The van der Waals surface area contributed by atoms with Crippen LogP contribution in [0.3, 0.4) is 0 Å². The molecule has 1 fully saturated rings. The summed E-state index contributed by atoms with van der Waals surface area (Å²) in [5.41, 5.74) is 1.70. The monoisotopic (exact) mass is 457 g/mol. The number of pyridine rings is 1. The Bertz CT molecular complexity index is 987. The fraction of sp³-hybridized carbons (Fsp3) is 0.520. The lowest BCUT2D eigenvalue weighted by Crippen LogP contribution is -2.36. The average Bonchev–Trinajstić information content (AvgIpc) is 2.75. The molecule has 8 nitrogen and oxygen atoms in total. The number of nitrogens with one attached hydrogen (secondary N) is 1. The molecule has 1 saturated heterocycles. The number of hydrogen-bond donors (Lipinski definition) is 1. The fourth-order valence-corrected chi connectivity index (χ4v) is 3.47. The Hall–Kier alpha value is -2.84. The van der Waals surface area contributed by atoms with E-state index in [0.717, 1.165) is 24.3 Å². The maximum Gasteiger partial charge on any atom is 0.412 e. The molecule has 0 spiro atoms. The third-order valence-corrected chi connectivity index (χ3v) is 4.93. The van der Waals surface area contributed by atoms with Gasteiger partial charge in [-0.2, -0.15) is 0 Å². The number of ether oxygens (including phenoxy) is 3. The smallest absolute Gasteiger partial charge is 0.412 e. The molecule has 1 aliphatic rings. The number of aromatic nitrogens is 1. The summed E-state index contributed by atoms with van der Waals surface area (Å²) < 4.78 is 18.1. The van der Waals surface area contributed by atoms with E-state index in [4.69, 9.17) is 14.2 Å². The molecule has 0 aliphatic carbocycles. The minimum Gasteiger partial charge on any atom is -0.444 e. The Morgan fingerprint density at radius 2 is 1.76 bits per heavy atom. The summed E-state index contributed by atoms with van der Waals surface area (Å²) in [5.74, 6) is 0.392. The summed E-state index contributed by atoms with van der Waals surface area (Å²) in [6, 6.07) is 9.45. The average molecular weight is 458 g/mol. The molecule has 1 aliphatic heterocycles. The highest BCUT2D eigenvalue weighted by atomic mass is 16.6. The van der Waals surface area contributed by atoms with E-state index in [0.29, 0.717) is 38.0 Å². The minimum absolute atomic E-state index is 0.146. The van der Waals surface area contributed by atoms with Crippen LogP contribution in [-0.2, 0) is 20.8 Å². The van der Waals surface area contributed by atoms with Crippen LogP contribution in [0.1, 0.15) is 40.2 Å². The number of carbonyl (C=O) groups excluding carboxylic acids is 1. The van der Waals surface area contributed by atoms with Crippen molar-refractivity contribution in [3.63, 3.8) is 0 Å². The first kappa shape index (κ1) is 24.8. The first-order chi connectivity index (χ1) is 15.6. The molecule has 0 bridgehead atoms. The maximum absolute atomic E-state index is 13.2. The van der Waals surface area contributed by atoms with Gasteiger partial charge in [0.1, 0.15) is 11.3 Å². The van der Waals surface area contributed by atoms with E-state index in [2.05, 4.69) is 24.1 Å². The number of anilines is 2. The number of rotatable bonds is 7. The van der Waals surface area contributed by atoms with E-state index < -0.39 is 11.7 Å². The van der Waals surface area contributed by atoms with Crippen LogP contribution >= 0.6 is 0 Å². The predicted octanol–water partition coefficient (Wildman–Crippen LogP) is 4.19. The zero-order valence-electron chi connectivity index (χ0n) is 20.2. The minimum atomic E-state index is -0.672. The van der Waals surface area contributed by atoms with E-state index in [1.807, 2.05) is 24.3 Å². The van der Waals surface area contributed by atoms with Crippen molar-refractivity contribution < 1.29 is 19.0 Å². The van der Waals surface area contributed by atoms with Gasteiger partial charge < -0.3 is 19.1 Å². The Labute approximate surface area is 195 Å². The first-order valence-electron chi connectivity index (χ1n) is 11.4. The summed E-state index contributed by atoms with van der Waals surface area (Å²) >= 11 is 0. The molecule has 2 aromatic rings. The molecular weight excluding hydrogens is 422 g/mol. The molecule has 1 aromatic heterocycles. The Morgan fingerprint density at radius 3 is 2.36 bits per heavy atom. The lowest BCUT2D eigenvalue weighted by Gasteiger charge is -2.29. The molecule has 1 aromatic carbocycles. The fourth-order valence-electron chi connectivity index (χ4n) is 3.47. The molecule has 0 radical (unpaired) electrons. The van der Waals surface area contributed by atoms with Crippen LogP contribution in [0.2, 0.25) is 0 Å². The van der Waals surface area contributed by atoms with Gasteiger partial charge in [0.15, 0.2) is 0 Å². The third-order valence-electron chi connectivity index (χ3n) is 4.93. The van der Waals surface area contributed by atoms with Gasteiger partial charge in [-0.3, -0.25) is 14.7 Å². The van der Waals surface area contributed by atoms with Crippen LogP contribution in [0, 0.1) is 5.92 Å². The Morgan fingerprint density at radius 1 is 1.12 bits per heavy atom. The van der Waals surface area contributed by atoms with E-state index in [1.54, 1.807) is 33.0 Å². The van der Waals surface area contributed by atoms with Gasteiger partial charge in [0.25, 0.3) is 5.56 Å². The largest absolute Gasteiger partial charge is 0.444 e. The lowest BCUT2D eigenvalue weighted by atomic mass is 10.2. The van der Waals surface area contributed by atoms with Gasteiger partial charge in [-0.25, -0.2) is 4.79 Å². The zero-order chi connectivity index (χ0) is 24.0. The lowest BCUT2D eigenvalue weighted by molar-refractivity contribution is 0.0635. The second-order valence-electron chi connectivity index (χ2n) is 9.59. The Kier molecular flexibility index (Phi) is 8.15. The highest BCUT2D eigenvalue weighted by Crippen LogP contribution is 2.20. The standard InChI is InChI=1S/C25H35N3O5/c1-18(2)16-32-17-19-14-22(26-24(30)33-25(3,4)5)23(29)28(15-19)21-8-6-20(7-9-21)27-10-12-31-13-11-27/h6-9,14-15,18H,10-13,16-17H2,1-5H3,(H,26,30). The summed E-state index contributed by atoms with van der Waals surface area (Å²) in [4.78, 5) is 27.8. The number of nitrogens with zero attached hydrogens (tertiary/aromatic N) is 2. The molecule has 3 rings (SSSR count). The number of hydrogen-bond acceptors (Lipinski definition) is 6. The summed E-state index contributed by atoms with van der Waals surface area (Å²) in [6.45, 7) is 13.5. The van der Waals surface area contributed by atoms with Gasteiger partial charge in [0, 0.05) is 37.3 Å². The van der Waals surface area contributed by atoms with Crippen molar-refractivity contribution in [2.24, 2.45) is 5.92 Å². The second kappa shape index (κ2) is 10.9. The van der Waals surface area contributed by atoms with Crippen molar-refractivity contribution in [2.45, 2.75) is 46.8 Å². The predicted molar refractivity (Wildman–Crippen MR) is 129 cm³/mol. The van der Waals surface area contributed by atoms with Gasteiger partial charge >= 0.3 is 6.09 Å². The van der Waals surface area contributed by atoms with E-state index >= 15 is 0 Å². The molecule has 2 heterocycles. The van der Waals surface area contributed by atoms with E-state index in [1.165, 1.54) is 4.57 Å². The van der Waals surface area contributed by atoms with Gasteiger partial charge in [0.05, 0.1) is 19.8 Å². The van der Waals surface area contributed by atoms with Crippen LogP contribution in [-0.4, -0.2) is 49.2 Å². The van der Waals surface area contributed by atoms with Crippen molar-refractivity contribution in [1.82, 2.24) is 4.57 Å². The van der Waals surface area contributed by atoms with Crippen LogP contribution < -0.4 is 15.8 Å². The topological polar surface area (TPSA) is 82.0 Å². The molecule has 0 atom stereocenters. The zero-order valence-corrected chi connectivity index (χ0v) is 20.2. The van der Waals surface area contributed by atoms with Crippen molar-refractivity contribution in [3.8, 4) is 5.69 Å². The Balaban J connectivity index is 1.89. The normalized spacial score (nSPS) is 14.4. The molecule has 33 heavy (non-hydrogen) atoms. The number of carbonyl (C=O) groups is 1. The highest BCUT2D eigenvalue weighted by Gasteiger charge is 2.19. The van der Waals surface area contributed by atoms with Gasteiger partial charge in [0.2, 0.25) is 0 Å². The van der Waals surface area contributed by atoms with Gasteiger partial charge in [-0.15, -0.1) is 0 Å². The second-order valence-corrected chi connectivity index (χ2v) is 9.59. The third kappa shape index (κ3) is 7.33. The molecule has 8 heteroatoms. The maximum atomic E-state index is 13.2. The quantitative estimate of drug-likeness (QED) is 0.671. The number of benzene rings is 1. The highest BCUT2D eigenvalue weighted by molar-refractivity contribution is 5.84. The van der Waals surface area contributed by atoms with Crippen molar-refractivity contribution in [3.05, 3.63) is 52.4 Å². The molecule has 0 saturated carbocycles. The van der Waals surface area contributed by atoms with Gasteiger partial charge in [-0.05, 0) is 62.6 Å². The SMILES string of the molecule is CC(C)COCc1cc(NC(=O)OC(C)(C)C)c(=O)n(-c2ccc(N3CCOCC3)cc2)c1. The number of morpholine rings is 1. The molecule has 0 unspecified atom stereocenters.